The summed E-state index contributed by atoms with van der Waals surface area (Å²) in [7, 11) is -3.14. The van der Waals surface area contributed by atoms with Gasteiger partial charge in [-0.15, -0.1) is 0 Å². The van der Waals surface area contributed by atoms with E-state index in [1.165, 1.54) is 0 Å². The lowest BCUT2D eigenvalue weighted by molar-refractivity contribution is 0.440. The van der Waals surface area contributed by atoms with Crippen molar-refractivity contribution in [1.82, 2.24) is 14.8 Å². The smallest absolute Gasteiger partial charge is 0.178 e. The fourth-order valence-electron chi connectivity index (χ4n) is 2.79. The van der Waals surface area contributed by atoms with Gasteiger partial charge >= 0.3 is 0 Å². The summed E-state index contributed by atoms with van der Waals surface area (Å²) in [5.41, 5.74) is 0.935. The van der Waals surface area contributed by atoms with E-state index in [4.69, 9.17) is 0 Å². The first-order chi connectivity index (χ1) is 11.0. The van der Waals surface area contributed by atoms with Crippen LogP contribution in [0.25, 0.3) is 0 Å². The molecule has 0 aliphatic carbocycles. The first-order valence-electron chi connectivity index (χ1n) is 8.03. The van der Waals surface area contributed by atoms with Gasteiger partial charge in [0.05, 0.1) is 17.2 Å². The Morgan fingerprint density at radius 1 is 1.26 bits per heavy atom. The molecule has 1 aliphatic heterocycles. The van der Waals surface area contributed by atoms with Crippen molar-refractivity contribution < 1.29 is 8.42 Å². The molecule has 1 aliphatic rings. The van der Waals surface area contributed by atoms with Gasteiger partial charge in [-0.1, -0.05) is 13.8 Å². The summed E-state index contributed by atoms with van der Waals surface area (Å²) >= 11 is 0. The zero-order valence-corrected chi connectivity index (χ0v) is 14.3. The molecule has 0 amide bonds. The van der Waals surface area contributed by atoms with Crippen molar-refractivity contribution in [2.75, 3.05) is 11.1 Å². The van der Waals surface area contributed by atoms with Crippen molar-refractivity contribution in [1.29, 1.82) is 0 Å². The molecule has 1 atom stereocenters. The van der Waals surface area contributed by atoms with Gasteiger partial charge in [-0.05, 0) is 30.7 Å². The molecule has 1 aromatic heterocycles. The SMILES string of the molecule is CCc1nc2n(n1)C[C@H](Nc1ccc(S(=O)(=O)CC)cc1)CC2. The predicted octanol–water partition coefficient (Wildman–Crippen LogP) is 2.06. The third-order valence-electron chi connectivity index (χ3n) is 4.18. The van der Waals surface area contributed by atoms with Crippen LogP contribution in [0.4, 0.5) is 5.69 Å². The van der Waals surface area contributed by atoms with Crippen molar-refractivity contribution in [3.05, 3.63) is 35.9 Å². The quantitative estimate of drug-likeness (QED) is 0.906. The normalized spacial score (nSPS) is 17.7. The lowest BCUT2D eigenvalue weighted by Gasteiger charge is -2.24. The lowest BCUT2D eigenvalue weighted by Crippen LogP contribution is -2.31. The van der Waals surface area contributed by atoms with Crippen LogP contribution < -0.4 is 5.32 Å². The number of aryl methyl sites for hydroxylation is 2. The van der Waals surface area contributed by atoms with Crippen molar-refractivity contribution in [2.24, 2.45) is 0 Å². The van der Waals surface area contributed by atoms with Crippen LogP contribution in [-0.4, -0.2) is 35.0 Å². The maximum absolute atomic E-state index is 11.8. The van der Waals surface area contributed by atoms with Gasteiger partial charge in [0.1, 0.15) is 5.82 Å². The van der Waals surface area contributed by atoms with Gasteiger partial charge < -0.3 is 5.32 Å². The molecular formula is C16H22N4O2S. The van der Waals surface area contributed by atoms with E-state index in [0.29, 0.717) is 4.90 Å². The third-order valence-corrected chi connectivity index (χ3v) is 5.93. The van der Waals surface area contributed by atoms with Gasteiger partial charge in [0, 0.05) is 24.6 Å². The van der Waals surface area contributed by atoms with Crippen molar-refractivity contribution >= 4 is 15.5 Å². The molecule has 0 saturated carbocycles. The van der Waals surface area contributed by atoms with Crippen molar-refractivity contribution in [3.8, 4) is 0 Å². The molecule has 6 nitrogen and oxygen atoms in total. The highest BCUT2D eigenvalue weighted by Gasteiger charge is 2.21. The Bertz CT molecular complexity index is 781. The van der Waals surface area contributed by atoms with Gasteiger partial charge in [0.2, 0.25) is 0 Å². The fraction of sp³-hybridized carbons (Fsp3) is 0.500. The topological polar surface area (TPSA) is 76.9 Å². The molecule has 2 heterocycles. The van der Waals surface area contributed by atoms with Gasteiger partial charge in [0.25, 0.3) is 0 Å². The Morgan fingerprint density at radius 2 is 2.00 bits per heavy atom. The van der Waals surface area contributed by atoms with Gasteiger partial charge in [-0.2, -0.15) is 5.10 Å². The largest absolute Gasteiger partial charge is 0.380 e. The standard InChI is InChI=1S/C16H22N4O2S/c1-3-15-18-16-10-7-13(11-20(16)19-15)17-12-5-8-14(9-6-12)23(21,22)4-2/h5-6,8-9,13,17H,3-4,7,10-11H2,1-2H3/t13-/m1/s1. The van der Waals surface area contributed by atoms with Crippen LogP contribution in [0.15, 0.2) is 29.2 Å². The van der Waals surface area contributed by atoms with Gasteiger partial charge in [-0.25, -0.2) is 18.1 Å². The average molecular weight is 334 g/mol. The number of anilines is 1. The highest BCUT2D eigenvalue weighted by molar-refractivity contribution is 7.91. The van der Waals surface area contributed by atoms with Gasteiger partial charge in [0.15, 0.2) is 15.7 Å². The molecular weight excluding hydrogens is 312 g/mol. The lowest BCUT2D eigenvalue weighted by atomic mass is 10.1. The highest BCUT2D eigenvalue weighted by Crippen LogP contribution is 2.20. The molecule has 1 N–H and O–H groups in total. The molecule has 0 unspecified atom stereocenters. The Morgan fingerprint density at radius 3 is 2.65 bits per heavy atom. The number of aromatic nitrogens is 3. The number of nitrogens with zero attached hydrogens (tertiary/aromatic N) is 3. The van der Waals surface area contributed by atoms with E-state index in [9.17, 15) is 8.42 Å². The fourth-order valence-corrected chi connectivity index (χ4v) is 3.67. The van der Waals surface area contributed by atoms with Crippen LogP contribution in [0.5, 0.6) is 0 Å². The molecule has 0 radical (unpaired) electrons. The van der Waals surface area contributed by atoms with E-state index in [0.717, 1.165) is 43.1 Å². The summed E-state index contributed by atoms with van der Waals surface area (Å²) in [5, 5.41) is 7.97. The summed E-state index contributed by atoms with van der Waals surface area (Å²) < 4.78 is 25.6. The van der Waals surface area contributed by atoms with Crippen LogP contribution in [-0.2, 0) is 29.2 Å². The number of fused-ring (bicyclic) bond motifs is 1. The van der Waals surface area contributed by atoms with E-state index in [1.807, 2.05) is 16.8 Å². The van der Waals surface area contributed by atoms with Crippen LogP contribution in [0, 0.1) is 0 Å². The number of sulfone groups is 1. The number of hydrogen-bond acceptors (Lipinski definition) is 5. The second-order valence-electron chi connectivity index (χ2n) is 5.79. The van der Waals surface area contributed by atoms with E-state index in [2.05, 4.69) is 22.3 Å². The molecule has 23 heavy (non-hydrogen) atoms. The monoisotopic (exact) mass is 334 g/mol. The summed E-state index contributed by atoms with van der Waals surface area (Å²) in [6.07, 6.45) is 2.76. The molecule has 0 spiro atoms. The van der Waals surface area contributed by atoms with Gasteiger partial charge in [-0.3, -0.25) is 0 Å². The molecule has 1 aromatic carbocycles. The van der Waals surface area contributed by atoms with Crippen LogP contribution in [0.1, 0.15) is 31.9 Å². The minimum absolute atomic E-state index is 0.122. The minimum Gasteiger partial charge on any atom is -0.380 e. The van der Waals surface area contributed by atoms with E-state index in [1.54, 1.807) is 19.1 Å². The molecule has 124 valence electrons. The van der Waals surface area contributed by atoms with Crippen molar-refractivity contribution in [3.63, 3.8) is 0 Å². The number of nitrogens with one attached hydrogen (secondary N) is 1. The summed E-state index contributed by atoms with van der Waals surface area (Å²) in [6.45, 7) is 4.50. The predicted molar refractivity (Wildman–Crippen MR) is 89.3 cm³/mol. The first-order valence-corrected chi connectivity index (χ1v) is 9.69. The number of rotatable bonds is 5. The Balaban J connectivity index is 1.68. The highest BCUT2D eigenvalue weighted by atomic mass is 32.2. The molecule has 0 fully saturated rings. The minimum atomic E-state index is -3.14. The second kappa shape index (κ2) is 6.31. The number of benzene rings is 1. The van der Waals surface area contributed by atoms with E-state index >= 15 is 0 Å². The summed E-state index contributed by atoms with van der Waals surface area (Å²) in [6, 6.07) is 7.27. The summed E-state index contributed by atoms with van der Waals surface area (Å²) in [4.78, 5) is 4.89. The zero-order valence-electron chi connectivity index (χ0n) is 13.5. The number of hydrogen-bond donors (Lipinski definition) is 1. The van der Waals surface area contributed by atoms with Crippen LogP contribution in [0.3, 0.4) is 0 Å². The molecule has 3 rings (SSSR count). The van der Waals surface area contributed by atoms with Crippen molar-refractivity contribution in [2.45, 2.75) is 50.6 Å². The Kier molecular flexibility index (Phi) is 4.39. The first kappa shape index (κ1) is 16.0. The zero-order chi connectivity index (χ0) is 16.4. The molecule has 2 aromatic rings. The Hall–Kier alpha value is -1.89. The maximum Gasteiger partial charge on any atom is 0.178 e. The maximum atomic E-state index is 11.8. The second-order valence-corrected chi connectivity index (χ2v) is 8.07. The Labute approximate surface area is 136 Å². The summed E-state index contributed by atoms with van der Waals surface area (Å²) in [5.74, 6) is 2.08. The third kappa shape index (κ3) is 3.39. The molecule has 7 heteroatoms. The average Bonchev–Trinajstić information content (AvgIpc) is 2.98. The molecule has 0 bridgehead atoms. The van der Waals surface area contributed by atoms with E-state index < -0.39 is 9.84 Å². The van der Waals surface area contributed by atoms with E-state index in [-0.39, 0.29) is 11.8 Å². The molecule has 0 saturated heterocycles. The van der Waals surface area contributed by atoms with Crippen LogP contribution in [0.2, 0.25) is 0 Å². The van der Waals surface area contributed by atoms with Crippen LogP contribution >= 0.6 is 0 Å².